The summed E-state index contributed by atoms with van der Waals surface area (Å²) < 4.78 is 0. The van der Waals surface area contributed by atoms with Gasteiger partial charge in [-0.05, 0) is 30.3 Å². The van der Waals surface area contributed by atoms with Crippen LogP contribution in [0.3, 0.4) is 0 Å². The van der Waals surface area contributed by atoms with Crippen LogP contribution in [0.15, 0.2) is 30.3 Å². The number of pyridine rings is 1. The number of hydrogen-bond donors (Lipinski definition) is 2. The number of nitrogens with zero attached hydrogens (tertiary/aromatic N) is 2. The van der Waals surface area contributed by atoms with Crippen molar-refractivity contribution in [1.29, 1.82) is 5.26 Å². The van der Waals surface area contributed by atoms with Crippen LogP contribution in [-0.2, 0) is 0 Å². The Labute approximate surface area is 114 Å². The molecule has 0 aliphatic rings. The highest BCUT2D eigenvalue weighted by atomic mass is 35.5. The molecule has 0 saturated carbocycles. The van der Waals surface area contributed by atoms with E-state index in [1.54, 1.807) is 30.3 Å². The molecule has 2 aromatic rings. The number of rotatable bonds is 2. The predicted octanol–water partition coefficient (Wildman–Crippen LogP) is 3.59. The summed E-state index contributed by atoms with van der Waals surface area (Å²) in [6.07, 6.45) is 0. The van der Waals surface area contributed by atoms with Gasteiger partial charge in [-0.3, -0.25) is 0 Å². The van der Waals surface area contributed by atoms with Gasteiger partial charge in [0, 0.05) is 0 Å². The molecule has 0 aliphatic carbocycles. The monoisotopic (exact) mass is 278 g/mol. The van der Waals surface area contributed by atoms with Crippen molar-refractivity contribution in [3.63, 3.8) is 0 Å². The van der Waals surface area contributed by atoms with Gasteiger partial charge in [-0.25, -0.2) is 4.98 Å². The highest BCUT2D eigenvalue weighted by molar-refractivity contribution is 6.33. The van der Waals surface area contributed by atoms with E-state index in [9.17, 15) is 0 Å². The van der Waals surface area contributed by atoms with Crippen LogP contribution in [0.4, 0.5) is 17.2 Å². The Balaban J connectivity index is 2.34. The molecule has 2 rings (SSSR count). The van der Waals surface area contributed by atoms with E-state index >= 15 is 0 Å². The molecule has 1 aromatic carbocycles. The number of nitrogen functional groups attached to an aromatic ring is 1. The zero-order chi connectivity index (χ0) is 13.1. The fourth-order valence-electron chi connectivity index (χ4n) is 1.36. The first-order valence-corrected chi connectivity index (χ1v) is 5.74. The number of benzene rings is 1. The van der Waals surface area contributed by atoms with E-state index in [1.165, 1.54) is 0 Å². The van der Waals surface area contributed by atoms with Gasteiger partial charge in [0.25, 0.3) is 0 Å². The molecule has 4 nitrogen and oxygen atoms in total. The molecule has 0 saturated heterocycles. The predicted molar refractivity (Wildman–Crippen MR) is 73.1 cm³/mol. The Morgan fingerprint density at radius 3 is 2.67 bits per heavy atom. The summed E-state index contributed by atoms with van der Waals surface area (Å²) in [6.45, 7) is 0. The number of anilines is 3. The maximum atomic E-state index is 8.74. The zero-order valence-electron chi connectivity index (χ0n) is 9.11. The quantitative estimate of drug-likeness (QED) is 0.824. The molecule has 0 bridgehead atoms. The van der Waals surface area contributed by atoms with Gasteiger partial charge < -0.3 is 11.1 Å². The van der Waals surface area contributed by atoms with Crippen LogP contribution in [0, 0.1) is 11.3 Å². The summed E-state index contributed by atoms with van der Waals surface area (Å²) in [5.74, 6) is 0.425. The van der Waals surface area contributed by atoms with Crippen LogP contribution in [0.2, 0.25) is 10.2 Å². The van der Waals surface area contributed by atoms with Gasteiger partial charge in [0.05, 0.1) is 28.0 Å². The fraction of sp³-hybridized carbons (Fsp3) is 0. The van der Waals surface area contributed by atoms with E-state index in [-0.39, 0.29) is 0 Å². The first-order chi connectivity index (χ1) is 8.60. The molecular weight excluding hydrogens is 271 g/mol. The van der Waals surface area contributed by atoms with Gasteiger partial charge in [0.1, 0.15) is 5.15 Å². The highest BCUT2D eigenvalue weighted by Crippen LogP contribution is 2.28. The molecule has 0 radical (unpaired) electrons. The van der Waals surface area contributed by atoms with E-state index in [0.717, 1.165) is 0 Å². The van der Waals surface area contributed by atoms with Crippen LogP contribution in [-0.4, -0.2) is 4.98 Å². The van der Waals surface area contributed by atoms with Gasteiger partial charge in [-0.1, -0.05) is 23.2 Å². The number of aromatic nitrogens is 1. The Hall–Kier alpha value is -1.96. The lowest BCUT2D eigenvalue weighted by molar-refractivity contribution is 1.31. The summed E-state index contributed by atoms with van der Waals surface area (Å²) in [5, 5.41) is 12.5. The molecule has 0 fully saturated rings. The smallest absolute Gasteiger partial charge is 0.155 e. The summed E-state index contributed by atoms with van der Waals surface area (Å²) in [6, 6.07) is 10.1. The molecule has 3 N–H and O–H groups in total. The van der Waals surface area contributed by atoms with Crippen molar-refractivity contribution in [3.05, 3.63) is 46.1 Å². The fourth-order valence-corrected chi connectivity index (χ4v) is 1.74. The first kappa shape index (κ1) is 12.5. The summed E-state index contributed by atoms with van der Waals surface area (Å²) in [4.78, 5) is 4.06. The second-order valence-corrected chi connectivity index (χ2v) is 4.30. The number of nitrogens with one attached hydrogen (secondary N) is 1. The Kier molecular flexibility index (Phi) is 3.56. The van der Waals surface area contributed by atoms with Crippen molar-refractivity contribution in [2.75, 3.05) is 11.1 Å². The van der Waals surface area contributed by atoms with Crippen molar-refractivity contribution in [1.82, 2.24) is 4.98 Å². The number of halogens is 2. The maximum Gasteiger partial charge on any atom is 0.155 e. The third-order valence-corrected chi connectivity index (χ3v) is 2.77. The van der Waals surface area contributed by atoms with Gasteiger partial charge in [0.2, 0.25) is 0 Å². The summed E-state index contributed by atoms with van der Waals surface area (Å²) in [5.41, 5.74) is 7.31. The van der Waals surface area contributed by atoms with Gasteiger partial charge in [0.15, 0.2) is 5.82 Å². The van der Waals surface area contributed by atoms with E-state index in [1.807, 2.05) is 6.07 Å². The van der Waals surface area contributed by atoms with Crippen LogP contribution < -0.4 is 11.1 Å². The first-order valence-electron chi connectivity index (χ1n) is 4.99. The summed E-state index contributed by atoms with van der Waals surface area (Å²) in [7, 11) is 0. The summed E-state index contributed by atoms with van der Waals surface area (Å²) >= 11 is 11.8. The molecule has 0 spiro atoms. The van der Waals surface area contributed by atoms with Crippen molar-refractivity contribution >= 4 is 40.4 Å². The standard InChI is InChI=1S/C12H8Cl2N4/c13-8-5-7(6-15)1-3-10(8)17-12-9(16)2-4-11(14)18-12/h1-5H,16H2,(H,17,18). The van der Waals surface area contributed by atoms with E-state index in [2.05, 4.69) is 10.3 Å². The largest absolute Gasteiger partial charge is 0.396 e. The lowest BCUT2D eigenvalue weighted by atomic mass is 10.2. The molecule has 18 heavy (non-hydrogen) atoms. The van der Waals surface area contributed by atoms with Crippen molar-refractivity contribution in [2.45, 2.75) is 0 Å². The van der Waals surface area contributed by atoms with Crippen LogP contribution in [0.1, 0.15) is 5.56 Å². The third-order valence-electron chi connectivity index (χ3n) is 2.24. The van der Waals surface area contributed by atoms with Crippen LogP contribution in [0.5, 0.6) is 0 Å². The molecule has 6 heteroatoms. The molecule has 1 heterocycles. The van der Waals surface area contributed by atoms with Crippen LogP contribution in [0.25, 0.3) is 0 Å². The Morgan fingerprint density at radius 1 is 1.22 bits per heavy atom. The van der Waals surface area contributed by atoms with E-state index < -0.39 is 0 Å². The molecule has 0 amide bonds. The lowest BCUT2D eigenvalue weighted by Gasteiger charge is -2.10. The number of nitrogens with two attached hydrogens (primary N) is 1. The van der Waals surface area contributed by atoms with Gasteiger partial charge >= 0.3 is 0 Å². The molecular formula is C12H8Cl2N4. The van der Waals surface area contributed by atoms with E-state index in [0.29, 0.717) is 32.9 Å². The third kappa shape index (κ3) is 2.65. The molecule has 0 unspecified atom stereocenters. The van der Waals surface area contributed by atoms with Gasteiger partial charge in [-0.2, -0.15) is 5.26 Å². The Bertz CT molecular complexity index is 634. The maximum absolute atomic E-state index is 8.74. The topological polar surface area (TPSA) is 74.7 Å². The van der Waals surface area contributed by atoms with Crippen molar-refractivity contribution in [2.24, 2.45) is 0 Å². The average molecular weight is 279 g/mol. The van der Waals surface area contributed by atoms with Gasteiger partial charge in [-0.15, -0.1) is 0 Å². The lowest BCUT2D eigenvalue weighted by Crippen LogP contribution is -1.99. The molecule has 0 aliphatic heterocycles. The number of hydrogen-bond acceptors (Lipinski definition) is 4. The molecule has 90 valence electrons. The number of nitriles is 1. The van der Waals surface area contributed by atoms with Crippen molar-refractivity contribution < 1.29 is 0 Å². The molecule has 1 aromatic heterocycles. The average Bonchev–Trinajstić information content (AvgIpc) is 2.36. The molecule has 0 atom stereocenters. The minimum atomic E-state index is 0.330. The SMILES string of the molecule is N#Cc1ccc(Nc2nc(Cl)ccc2N)c(Cl)c1. The minimum Gasteiger partial charge on any atom is -0.396 e. The van der Waals surface area contributed by atoms with E-state index in [4.69, 9.17) is 34.2 Å². The highest BCUT2D eigenvalue weighted by Gasteiger charge is 2.06. The Morgan fingerprint density at radius 2 is 2.00 bits per heavy atom. The zero-order valence-corrected chi connectivity index (χ0v) is 10.6. The second kappa shape index (κ2) is 5.13. The second-order valence-electron chi connectivity index (χ2n) is 3.50. The van der Waals surface area contributed by atoms with Crippen LogP contribution >= 0.6 is 23.2 Å². The van der Waals surface area contributed by atoms with Crippen molar-refractivity contribution in [3.8, 4) is 6.07 Å². The normalized spacial score (nSPS) is 9.83. The minimum absolute atomic E-state index is 0.330.